The lowest BCUT2D eigenvalue weighted by Crippen LogP contribution is -2.44. The molecule has 1 N–H and O–H groups in total. The van der Waals surface area contributed by atoms with Crippen LogP contribution in [0.2, 0.25) is 0 Å². The van der Waals surface area contributed by atoms with E-state index >= 15 is 0 Å². The van der Waals surface area contributed by atoms with E-state index in [4.69, 9.17) is 19.3 Å². The Hall–Kier alpha value is -2.73. The summed E-state index contributed by atoms with van der Waals surface area (Å²) in [6.45, 7) is 3.08. The minimum Gasteiger partial charge on any atom is -0.486 e. The lowest BCUT2D eigenvalue weighted by atomic mass is 9.90. The number of rotatable bonds is 6. The van der Waals surface area contributed by atoms with E-state index in [-0.39, 0.29) is 12.7 Å². The number of carboxylic acids is 1. The molecule has 0 radical (unpaired) electrons. The molecule has 4 rings (SSSR count). The van der Waals surface area contributed by atoms with Crippen molar-refractivity contribution < 1.29 is 24.1 Å². The lowest BCUT2D eigenvalue weighted by Gasteiger charge is -2.36. The second-order valence-corrected chi connectivity index (χ2v) is 7.35. The molecular weight excluding hydrogens is 358 g/mol. The second kappa shape index (κ2) is 8.52. The molecule has 0 saturated carbocycles. The largest absolute Gasteiger partial charge is 0.486 e. The van der Waals surface area contributed by atoms with Crippen LogP contribution in [0.3, 0.4) is 0 Å². The van der Waals surface area contributed by atoms with Gasteiger partial charge in [-0.05, 0) is 55.1 Å². The fraction of sp³-hybridized carbons (Fsp3) is 0.409. The number of ether oxygens (including phenoxy) is 3. The predicted octanol–water partition coefficient (Wildman–Crippen LogP) is 3.17. The van der Waals surface area contributed by atoms with E-state index in [9.17, 15) is 4.79 Å². The lowest BCUT2D eigenvalue weighted by molar-refractivity contribution is -0.139. The Bertz CT molecular complexity index is 824. The van der Waals surface area contributed by atoms with Gasteiger partial charge in [-0.15, -0.1) is 0 Å². The molecule has 6 nitrogen and oxygen atoms in total. The quantitative estimate of drug-likeness (QED) is 0.826. The van der Waals surface area contributed by atoms with Crippen molar-refractivity contribution in [3.8, 4) is 17.2 Å². The first-order chi connectivity index (χ1) is 13.7. The van der Waals surface area contributed by atoms with Gasteiger partial charge < -0.3 is 19.3 Å². The molecule has 1 saturated heterocycles. The monoisotopic (exact) mass is 383 g/mol. The molecule has 0 aromatic heterocycles. The summed E-state index contributed by atoms with van der Waals surface area (Å²) in [4.78, 5) is 13.1. The Kier molecular flexibility index (Phi) is 5.67. The van der Waals surface area contributed by atoms with Gasteiger partial charge in [0.25, 0.3) is 0 Å². The zero-order valence-corrected chi connectivity index (χ0v) is 15.8. The molecule has 2 aromatic carbocycles. The maximum Gasteiger partial charge on any atom is 0.341 e. The van der Waals surface area contributed by atoms with Gasteiger partial charge in [0, 0.05) is 13.1 Å². The van der Waals surface area contributed by atoms with E-state index in [1.165, 1.54) is 5.56 Å². The van der Waals surface area contributed by atoms with E-state index < -0.39 is 5.97 Å². The Morgan fingerprint density at radius 2 is 2.04 bits per heavy atom. The van der Waals surface area contributed by atoms with Crippen LogP contribution in [0.1, 0.15) is 24.3 Å². The van der Waals surface area contributed by atoms with Gasteiger partial charge in [0.05, 0.1) is 0 Å². The van der Waals surface area contributed by atoms with Gasteiger partial charge in [-0.1, -0.05) is 24.3 Å². The van der Waals surface area contributed by atoms with Crippen molar-refractivity contribution in [3.63, 3.8) is 0 Å². The van der Waals surface area contributed by atoms with Crippen LogP contribution in [0.4, 0.5) is 0 Å². The highest BCUT2D eigenvalue weighted by molar-refractivity contribution is 5.68. The molecule has 6 heteroatoms. The van der Waals surface area contributed by atoms with Crippen LogP contribution in [0.25, 0.3) is 0 Å². The molecule has 2 unspecified atom stereocenters. The fourth-order valence-corrected chi connectivity index (χ4v) is 3.94. The highest BCUT2D eigenvalue weighted by Crippen LogP contribution is 2.33. The van der Waals surface area contributed by atoms with Crippen LogP contribution in [-0.4, -0.2) is 54.9 Å². The number of benzene rings is 2. The first kappa shape index (κ1) is 18.6. The third kappa shape index (κ3) is 4.57. The third-order valence-electron chi connectivity index (χ3n) is 5.23. The molecule has 2 atom stereocenters. The Morgan fingerprint density at radius 3 is 2.89 bits per heavy atom. The molecule has 28 heavy (non-hydrogen) atoms. The van der Waals surface area contributed by atoms with Gasteiger partial charge in [0.15, 0.2) is 18.1 Å². The van der Waals surface area contributed by atoms with Crippen molar-refractivity contribution in [1.82, 2.24) is 4.90 Å². The summed E-state index contributed by atoms with van der Waals surface area (Å²) in [7, 11) is 0. The summed E-state index contributed by atoms with van der Waals surface area (Å²) in [5.41, 5.74) is 1.19. The zero-order chi connectivity index (χ0) is 19.3. The number of piperidine rings is 1. The van der Waals surface area contributed by atoms with Crippen molar-refractivity contribution >= 4 is 5.97 Å². The first-order valence-electron chi connectivity index (χ1n) is 9.73. The topological polar surface area (TPSA) is 68.2 Å². The average molecular weight is 383 g/mol. The SMILES string of the molecule is O=C(O)COc1cccc(C2CCCN(CC3COc4ccccc4O3)C2)c1. The average Bonchev–Trinajstić information content (AvgIpc) is 2.73. The number of hydrogen-bond acceptors (Lipinski definition) is 5. The molecule has 0 amide bonds. The number of likely N-dealkylation sites (tertiary alicyclic amines) is 1. The number of nitrogens with zero attached hydrogens (tertiary/aromatic N) is 1. The molecule has 2 aliphatic heterocycles. The van der Waals surface area contributed by atoms with Crippen LogP contribution >= 0.6 is 0 Å². The first-order valence-corrected chi connectivity index (χ1v) is 9.73. The van der Waals surface area contributed by atoms with Gasteiger partial charge in [-0.3, -0.25) is 4.90 Å². The molecule has 2 aliphatic rings. The molecule has 1 fully saturated rings. The number of carboxylic acid groups (broad SMARTS) is 1. The van der Waals surface area contributed by atoms with E-state index in [2.05, 4.69) is 11.0 Å². The maximum absolute atomic E-state index is 10.7. The summed E-state index contributed by atoms with van der Waals surface area (Å²) in [5.74, 6) is 1.67. The van der Waals surface area contributed by atoms with Gasteiger partial charge in [0.1, 0.15) is 18.5 Å². The van der Waals surface area contributed by atoms with Gasteiger partial charge in [-0.25, -0.2) is 4.79 Å². The standard InChI is InChI=1S/C22H25NO5/c24-22(25)15-26-18-7-3-5-16(11-18)17-6-4-10-23(12-17)13-19-14-27-20-8-1-2-9-21(20)28-19/h1-3,5,7-9,11,17,19H,4,6,10,12-15H2,(H,24,25). The summed E-state index contributed by atoms with van der Waals surface area (Å²) < 4.78 is 17.3. The number of para-hydroxylation sites is 2. The molecule has 2 aromatic rings. The highest BCUT2D eigenvalue weighted by Gasteiger charge is 2.27. The van der Waals surface area contributed by atoms with Crippen molar-refractivity contribution in [2.75, 3.05) is 32.8 Å². The Balaban J connectivity index is 1.36. The highest BCUT2D eigenvalue weighted by atomic mass is 16.6. The summed E-state index contributed by atoms with van der Waals surface area (Å²) in [5, 5.41) is 8.79. The van der Waals surface area contributed by atoms with Gasteiger partial charge in [0.2, 0.25) is 0 Å². The van der Waals surface area contributed by atoms with Crippen LogP contribution in [0.5, 0.6) is 17.2 Å². The van der Waals surface area contributed by atoms with E-state index in [0.717, 1.165) is 44.0 Å². The number of aliphatic carboxylic acids is 1. The van der Waals surface area contributed by atoms with E-state index in [1.807, 2.05) is 36.4 Å². The predicted molar refractivity (Wildman–Crippen MR) is 104 cm³/mol. The minimum absolute atomic E-state index is 0.0267. The third-order valence-corrected chi connectivity index (χ3v) is 5.23. The maximum atomic E-state index is 10.7. The summed E-state index contributed by atoms with van der Waals surface area (Å²) >= 11 is 0. The summed E-state index contributed by atoms with van der Waals surface area (Å²) in [6.07, 6.45) is 2.26. The van der Waals surface area contributed by atoms with Crippen molar-refractivity contribution in [2.45, 2.75) is 24.9 Å². The zero-order valence-electron chi connectivity index (χ0n) is 15.8. The smallest absolute Gasteiger partial charge is 0.341 e. The van der Waals surface area contributed by atoms with E-state index in [1.54, 1.807) is 6.07 Å². The molecule has 0 bridgehead atoms. The van der Waals surface area contributed by atoms with Crippen LogP contribution in [0, 0.1) is 0 Å². The minimum atomic E-state index is -0.967. The number of carbonyl (C=O) groups is 1. The molecule has 2 heterocycles. The van der Waals surface area contributed by atoms with Gasteiger partial charge >= 0.3 is 5.97 Å². The molecule has 0 spiro atoms. The van der Waals surface area contributed by atoms with E-state index in [0.29, 0.717) is 18.3 Å². The van der Waals surface area contributed by atoms with Gasteiger partial charge in [-0.2, -0.15) is 0 Å². The number of hydrogen-bond donors (Lipinski definition) is 1. The van der Waals surface area contributed by atoms with Crippen LogP contribution < -0.4 is 14.2 Å². The van der Waals surface area contributed by atoms with Crippen LogP contribution in [0.15, 0.2) is 48.5 Å². The Labute approximate surface area is 164 Å². The molecule has 148 valence electrons. The normalized spacial score (nSPS) is 21.9. The molecular formula is C22H25NO5. The van der Waals surface area contributed by atoms with Crippen molar-refractivity contribution in [1.29, 1.82) is 0 Å². The van der Waals surface area contributed by atoms with Crippen LogP contribution in [-0.2, 0) is 4.79 Å². The number of fused-ring (bicyclic) bond motifs is 1. The van der Waals surface area contributed by atoms with Crippen molar-refractivity contribution in [2.24, 2.45) is 0 Å². The summed E-state index contributed by atoms with van der Waals surface area (Å²) in [6, 6.07) is 15.6. The second-order valence-electron chi connectivity index (χ2n) is 7.35. The molecule has 0 aliphatic carbocycles. The Morgan fingerprint density at radius 1 is 1.18 bits per heavy atom. The van der Waals surface area contributed by atoms with Crippen molar-refractivity contribution in [3.05, 3.63) is 54.1 Å². The fourth-order valence-electron chi connectivity index (χ4n) is 3.94.